The quantitative estimate of drug-likeness (QED) is 0.713. The Kier molecular flexibility index (Phi) is 5.07. The van der Waals surface area contributed by atoms with Crippen LogP contribution in [0.5, 0.6) is 0 Å². The number of H-pyrrole nitrogens is 1. The van der Waals surface area contributed by atoms with Gasteiger partial charge in [0.05, 0.1) is 5.69 Å². The van der Waals surface area contributed by atoms with E-state index in [9.17, 15) is 8.42 Å². The zero-order chi connectivity index (χ0) is 19.7. The van der Waals surface area contributed by atoms with Crippen molar-refractivity contribution in [1.82, 2.24) is 19.3 Å². The Bertz CT molecular complexity index is 1050. The predicted octanol–water partition coefficient (Wildman–Crippen LogP) is 2.63. The van der Waals surface area contributed by atoms with Gasteiger partial charge in [-0.2, -0.15) is 4.31 Å². The topological polar surface area (TPSA) is 82.2 Å². The third-order valence-corrected chi connectivity index (χ3v) is 7.42. The van der Waals surface area contributed by atoms with Gasteiger partial charge in [-0.05, 0) is 36.6 Å². The second kappa shape index (κ2) is 7.52. The van der Waals surface area contributed by atoms with Crippen molar-refractivity contribution in [2.45, 2.75) is 25.1 Å². The Labute approximate surface area is 165 Å². The smallest absolute Gasteiger partial charge is 0.219 e. The number of sulfonamides is 1. The highest BCUT2D eigenvalue weighted by Crippen LogP contribution is 2.31. The largest absolute Gasteiger partial charge is 0.369 e. The normalized spacial score (nSPS) is 21.1. The molecule has 148 valence electrons. The molecule has 0 saturated carbocycles. The zero-order valence-corrected chi connectivity index (χ0v) is 16.9. The van der Waals surface area contributed by atoms with Crippen LogP contribution in [0.25, 0.3) is 11.0 Å². The first-order chi connectivity index (χ1) is 13.5. The van der Waals surface area contributed by atoms with E-state index < -0.39 is 10.0 Å². The summed E-state index contributed by atoms with van der Waals surface area (Å²) in [5.74, 6) is 0.323. The lowest BCUT2D eigenvalue weighted by molar-refractivity contribution is 0.247. The van der Waals surface area contributed by atoms with Crippen molar-refractivity contribution in [3.8, 4) is 0 Å². The molecule has 0 spiro atoms. The highest BCUT2D eigenvalue weighted by molar-refractivity contribution is 7.88. The zero-order valence-electron chi connectivity index (χ0n) is 16.1. The number of hydrogen-bond donors (Lipinski definition) is 1. The Morgan fingerprint density at radius 1 is 1.21 bits per heavy atom. The van der Waals surface area contributed by atoms with Gasteiger partial charge in [-0.1, -0.05) is 13.0 Å². The van der Waals surface area contributed by atoms with E-state index in [-0.39, 0.29) is 11.8 Å². The Morgan fingerprint density at radius 3 is 2.86 bits per heavy atom. The average molecular weight is 400 g/mol. The third-order valence-electron chi connectivity index (χ3n) is 5.65. The number of hydrogen-bond acceptors (Lipinski definition) is 5. The van der Waals surface area contributed by atoms with Crippen LogP contribution in [0.3, 0.4) is 0 Å². The number of aromatic nitrogens is 3. The minimum Gasteiger partial charge on any atom is -0.369 e. The number of anilines is 1. The summed E-state index contributed by atoms with van der Waals surface area (Å²) >= 11 is 0. The van der Waals surface area contributed by atoms with Gasteiger partial charge in [0, 0.05) is 55.8 Å². The molecule has 0 aromatic carbocycles. The van der Waals surface area contributed by atoms with Gasteiger partial charge in [0.25, 0.3) is 0 Å². The fourth-order valence-electron chi connectivity index (χ4n) is 3.97. The molecule has 0 bridgehead atoms. The Hall–Kier alpha value is -2.45. The molecule has 1 saturated heterocycles. The molecule has 1 aliphatic rings. The molecule has 4 rings (SSSR count). The van der Waals surface area contributed by atoms with Crippen LogP contribution in [0, 0.1) is 5.92 Å². The van der Waals surface area contributed by atoms with Gasteiger partial charge in [-0.3, -0.25) is 4.98 Å². The van der Waals surface area contributed by atoms with E-state index in [1.165, 1.54) is 0 Å². The lowest BCUT2D eigenvalue weighted by atomic mass is 9.93. The van der Waals surface area contributed by atoms with Gasteiger partial charge in [0.1, 0.15) is 11.4 Å². The molecule has 0 radical (unpaired) electrons. The molecule has 1 aliphatic heterocycles. The maximum absolute atomic E-state index is 13.0. The molecule has 28 heavy (non-hydrogen) atoms. The monoisotopic (exact) mass is 399 g/mol. The van der Waals surface area contributed by atoms with E-state index >= 15 is 0 Å². The van der Waals surface area contributed by atoms with Crippen LogP contribution in [0.15, 0.2) is 48.9 Å². The van der Waals surface area contributed by atoms with Gasteiger partial charge in [-0.15, -0.1) is 0 Å². The van der Waals surface area contributed by atoms with Crippen LogP contribution in [0.4, 0.5) is 5.69 Å². The van der Waals surface area contributed by atoms with Crippen LogP contribution < -0.4 is 4.90 Å². The van der Waals surface area contributed by atoms with Crippen molar-refractivity contribution < 1.29 is 8.42 Å². The van der Waals surface area contributed by atoms with Crippen LogP contribution in [0.2, 0.25) is 0 Å². The van der Waals surface area contributed by atoms with Crippen LogP contribution in [-0.4, -0.2) is 53.9 Å². The van der Waals surface area contributed by atoms with Crippen molar-refractivity contribution in [3.05, 3.63) is 54.6 Å². The molecule has 0 unspecified atom stereocenters. The molecular formula is C20H25N5O2S. The second-order valence-corrected chi connectivity index (χ2v) is 9.42. The summed E-state index contributed by atoms with van der Waals surface area (Å²) in [7, 11) is -1.37. The number of fused-ring (bicyclic) bond motifs is 1. The molecule has 1 N–H and O–H groups in total. The molecule has 4 heterocycles. The second-order valence-electron chi connectivity index (χ2n) is 7.45. The van der Waals surface area contributed by atoms with Crippen molar-refractivity contribution in [2.75, 3.05) is 25.0 Å². The first-order valence-electron chi connectivity index (χ1n) is 9.48. The van der Waals surface area contributed by atoms with Crippen molar-refractivity contribution in [1.29, 1.82) is 0 Å². The first kappa shape index (κ1) is 18.9. The summed E-state index contributed by atoms with van der Waals surface area (Å²) in [5, 5.41) is 1.05. The summed E-state index contributed by atoms with van der Waals surface area (Å²) in [5.41, 5.74) is 2.48. The van der Waals surface area contributed by atoms with E-state index in [2.05, 4.69) is 26.8 Å². The molecule has 2 atom stereocenters. The van der Waals surface area contributed by atoms with Crippen molar-refractivity contribution in [3.63, 3.8) is 0 Å². The number of likely N-dealkylation sites (N-methyl/N-ethyl adjacent to an activating group) is 1. The molecule has 8 heteroatoms. The number of aromatic amines is 1. The van der Waals surface area contributed by atoms with Crippen LogP contribution in [0.1, 0.15) is 19.0 Å². The molecule has 3 aromatic rings. The van der Waals surface area contributed by atoms with Gasteiger partial charge in [0.15, 0.2) is 0 Å². The number of nitrogens with one attached hydrogen (secondary N) is 1. The lowest BCUT2D eigenvalue weighted by Gasteiger charge is -2.42. The summed E-state index contributed by atoms with van der Waals surface area (Å²) in [6.45, 7) is 3.22. The van der Waals surface area contributed by atoms with Crippen molar-refractivity contribution >= 4 is 26.7 Å². The molecule has 3 aromatic heterocycles. The van der Waals surface area contributed by atoms with E-state index in [4.69, 9.17) is 0 Å². The van der Waals surface area contributed by atoms with Crippen molar-refractivity contribution in [2.24, 2.45) is 5.92 Å². The van der Waals surface area contributed by atoms with Gasteiger partial charge >= 0.3 is 0 Å². The fraction of sp³-hybridized carbons (Fsp3) is 0.400. The SMILES string of the molecule is C[C@@H]1CCN(S(=O)(=O)Cc2ccccn2)C[C@@H]1N(C)c1ccnc2[nH]ccc12. The van der Waals surface area contributed by atoms with E-state index in [1.807, 2.05) is 31.4 Å². The van der Waals surface area contributed by atoms with E-state index in [0.717, 1.165) is 23.1 Å². The number of pyridine rings is 2. The van der Waals surface area contributed by atoms with Crippen LogP contribution >= 0.6 is 0 Å². The highest BCUT2D eigenvalue weighted by Gasteiger charge is 2.35. The van der Waals surface area contributed by atoms with Crippen LogP contribution in [-0.2, 0) is 15.8 Å². The summed E-state index contributed by atoms with van der Waals surface area (Å²) < 4.78 is 27.6. The Morgan fingerprint density at radius 2 is 2.07 bits per heavy atom. The highest BCUT2D eigenvalue weighted by atomic mass is 32.2. The minimum atomic E-state index is -3.41. The summed E-state index contributed by atoms with van der Waals surface area (Å²) in [6, 6.07) is 9.46. The number of nitrogens with zero attached hydrogens (tertiary/aromatic N) is 4. The minimum absolute atomic E-state index is 0.0596. The van der Waals surface area contributed by atoms with Gasteiger partial charge in [0.2, 0.25) is 10.0 Å². The maximum Gasteiger partial charge on any atom is 0.219 e. The van der Waals surface area contributed by atoms with E-state index in [1.54, 1.807) is 28.8 Å². The fourth-order valence-corrected chi connectivity index (χ4v) is 5.46. The molecular weight excluding hydrogens is 374 g/mol. The van der Waals surface area contributed by atoms with E-state index in [0.29, 0.717) is 24.7 Å². The Balaban J connectivity index is 1.57. The lowest BCUT2D eigenvalue weighted by Crippen LogP contribution is -2.52. The number of piperidine rings is 1. The average Bonchev–Trinajstić information content (AvgIpc) is 3.17. The maximum atomic E-state index is 13.0. The molecule has 0 amide bonds. The predicted molar refractivity (Wildman–Crippen MR) is 110 cm³/mol. The molecule has 7 nitrogen and oxygen atoms in total. The molecule has 1 fully saturated rings. The first-order valence-corrected chi connectivity index (χ1v) is 11.1. The standard InChI is InChI=1S/C20H25N5O2S/c1-15-8-12-25(28(26,27)14-16-5-3-4-9-21-16)13-19(15)24(2)18-7-11-23-20-17(18)6-10-22-20/h3-7,9-11,15,19H,8,12-14H2,1-2H3,(H,22,23)/t15-,19+/m1/s1. The molecule has 0 aliphatic carbocycles. The number of rotatable bonds is 5. The summed E-state index contributed by atoms with van der Waals surface area (Å²) in [6.07, 6.45) is 6.12. The summed E-state index contributed by atoms with van der Waals surface area (Å²) in [4.78, 5) is 13.9. The third kappa shape index (κ3) is 3.62. The van der Waals surface area contributed by atoms with Gasteiger partial charge in [-0.25, -0.2) is 13.4 Å². The van der Waals surface area contributed by atoms with Gasteiger partial charge < -0.3 is 9.88 Å².